The molecule has 1 aromatic rings. The lowest BCUT2D eigenvalue weighted by molar-refractivity contribution is 0.392. The number of hydrogen-bond donors (Lipinski definition) is 0. The Balaban J connectivity index is 2.28. The third-order valence-corrected chi connectivity index (χ3v) is 3.84. The van der Waals surface area contributed by atoms with Gasteiger partial charge in [0.15, 0.2) is 16.7 Å². The van der Waals surface area contributed by atoms with Crippen molar-refractivity contribution in [2.24, 2.45) is 0 Å². The number of rotatable bonds is 4. The van der Waals surface area contributed by atoms with E-state index in [1.54, 1.807) is 7.11 Å². The van der Waals surface area contributed by atoms with E-state index in [0.29, 0.717) is 16.9 Å². The molecule has 4 nitrogen and oxygen atoms in total. The molecule has 0 bridgehead atoms. The topological polar surface area (TPSA) is 38.2 Å². The van der Waals surface area contributed by atoms with Gasteiger partial charge in [0.1, 0.15) is 6.33 Å². The monoisotopic (exact) mass is 269 g/mol. The van der Waals surface area contributed by atoms with Crippen molar-refractivity contribution in [1.82, 2.24) is 9.97 Å². The maximum Gasteiger partial charge on any atom is 0.199 e. The Hall–Kier alpha value is -1.03. The Morgan fingerprint density at radius 1 is 1.33 bits per heavy atom. The van der Waals surface area contributed by atoms with E-state index in [0.717, 1.165) is 12.4 Å². The van der Waals surface area contributed by atoms with Crippen molar-refractivity contribution in [2.75, 3.05) is 18.6 Å². The van der Waals surface area contributed by atoms with Crippen LogP contribution in [0.2, 0.25) is 5.15 Å². The van der Waals surface area contributed by atoms with Crippen LogP contribution in [0.15, 0.2) is 6.33 Å². The molecule has 100 valence electrons. The van der Waals surface area contributed by atoms with E-state index in [2.05, 4.69) is 21.8 Å². The van der Waals surface area contributed by atoms with Crippen molar-refractivity contribution in [2.45, 2.75) is 45.1 Å². The normalized spacial score (nSPS) is 16.6. The summed E-state index contributed by atoms with van der Waals surface area (Å²) < 4.78 is 5.35. The van der Waals surface area contributed by atoms with Crippen LogP contribution in [0.4, 0.5) is 5.82 Å². The molecule has 0 spiro atoms. The van der Waals surface area contributed by atoms with Gasteiger partial charge in [-0.1, -0.05) is 30.9 Å². The van der Waals surface area contributed by atoms with Crippen LogP contribution in [0.5, 0.6) is 5.75 Å². The number of hydrogen-bond acceptors (Lipinski definition) is 4. The molecule has 0 N–H and O–H groups in total. The molecule has 0 amide bonds. The second-order valence-electron chi connectivity index (χ2n) is 4.60. The zero-order valence-electron chi connectivity index (χ0n) is 11.0. The molecule has 1 saturated carbocycles. The molecular formula is C13H20ClN3O. The molecule has 0 unspecified atom stereocenters. The standard InChI is InChI=1S/C13H20ClN3O/c1-3-17(10-7-5-4-6-8-10)13-11(18-2)12(14)15-9-16-13/h9-10H,3-8H2,1-2H3. The summed E-state index contributed by atoms with van der Waals surface area (Å²) in [6.07, 6.45) is 7.88. The number of methoxy groups -OCH3 is 1. The lowest BCUT2D eigenvalue weighted by atomic mass is 9.94. The molecule has 18 heavy (non-hydrogen) atoms. The van der Waals surface area contributed by atoms with Gasteiger partial charge < -0.3 is 9.64 Å². The highest BCUT2D eigenvalue weighted by molar-refractivity contribution is 6.31. The summed E-state index contributed by atoms with van der Waals surface area (Å²) >= 11 is 6.07. The van der Waals surface area contributed by atoms with E-state index >= 15 is 0 Å². The lowest BCUT2D eigenvalue weighted by Gasteiger charge is -2.35. The van der Waals surface area contributed by atoms with Crippen molar-refractivity contribution in [3.8, 4) is 5.75 Å². The van der Waals surface area contributed by atoms with Crippen LogP contribution < -0.4 is 9.64 Å². The number of halogens is 1. The van der Waals surface area contributed by atoms with E-state index in [9.17, 15) is 0 Å². The minimum absolute atomic E-state index is 0.386. The Labute approximate surface area is 113 Å². The molecule has 1 aliphatic carbocycles. The highest BCUT2D eigenvalue weighted by Gasteiger charge is 2.24. The molecular weight excluding hydrogens is 250 g/mol. The van der Waals surface area contributed by atoms with Gasteiger partial charge in [-0.15, -0.1) is 0 Å². The van der Waals surface area contributed by atoms with Crippen molar-refractivity contribution >= 4 is 17.4 Å². The van der Waals surface area contributed by atoms with Crippen LogP contribution >= 0.6 is 11.6 Å². The summed E-state index contributed by atoms with van der Waals surface area (Å²) in [5, 5.41) is 0.386. The molecule has 1 heterocycles. The van der Waals surface area contributed by atoms with Gasteiger partial charge in [-0.3, -0.25) is 0 Å². The predicted molar refractivity (Wildman–Crippen MR) is 73.5 cm³/mol. The first-order valence-corrected chi connectivity index (χ1v) is 6.96. The third-order valence-electron chi connectivity index (χ3n) is 3.57. The van der Waals surface area contributed by atoms with Crippen LogP contribution in [0.3, 0.4) is 0 Å². The molecule has 0 aliphatic heterocycles. The van der Waals surface area contributed by atoms with Crippen molar-refractivity contribution < 1.29 is 4.74 Å². The Kier molecular flexibility index (Phi) is 4.64. The van der Waals surface area contributed by atoms with E-state index < -0.39 is 0 Å². The average molecular weight is 270 g/mol. The summed E-state index contributed by atoms with van der Waals surface area (Å²) in [6, 6.07) is 0.545. The second kappa shape index (κ2) is 6.23. The highest BCUT2D eigenvalue weighted by atomic mass is 35.5. The minimum Gasteiger partial charge on any atom is -0.490 e. The largest absolute Gasteiger partial charge is 0.490 e. The quantitative estimate of drug-likeness (QED) is 0.786. The van der Waals surface area contributed by atoms with Crippen molar-refractivity contribution in [3.05, 3.63) is 11.5 Å². The fourth-order valence-electron chi connectivity index (χ4n) is 2.70. The van der Waals surface area contributed by atoms with Gasteiger partial charge in [0, 0.05) is 12.6 Å². The summed E-state index contributed by atoms with van der Waals surface area (Å²) in [5.74, 6) is 1.42. The van der Waals surface area contributed by atoms with Crippen LogP contribution in [-0.4, -0.2) is 29.7 Å². The van der Waals surface area contributed by atoms with Crippen LogP contribution in [0.1, 0.15) is 39.0 Å². The molecule has 1 aliphatic rings. The first-order chi connectivity index (χ1) is 8.77. The highest BCUT2D eigenvalue weighted by Crippen LogP contribution is 2.35. The van der Waals surface area contributed by atoms with Crippen molar-refractivity contribution in [3.63, 3.8) is 0 Å². The van der Waals surface area contributed by atoms with Crippen LogP contribution in [-0.2, 0) is 0 Å². The van der Waals surface area contributed by atoms with Gasteiger partial charge >= 0.3 is 0 Å². The molecule has 1 fully saturated rings. The molecule has 0 saturated heterocycles. The molecule has 5 heteroatoms. The van der Waals surface area contributed by atoms with Gasteiger partial charge in [-0.2, -0.15) is 0 Å². The van der Waals surface area contributed by atoms with Crippen LogP contribution in [0, 0.1) is 0 Å². The zero-order valence-corrected chi connectivity index (χ0v) is 11.8. The first-order valence-electron chi connectivity index (χ1n) is 6.59. The Morgan fingerprint density at radius 2 is 2.06 bits per heavy atom. The van der Waals surface area contributed by atoms with Gasteiger partial charge in [0.2, 0.25) is 0 Å². The number of nitrogens with zero attached hydrogens (tertiary/aromatic N) is 3. The lowest BCUT2D eigenvalue weighted by Crippen LogP contribution is -2.37. The Morgan fingerprint density at radius 3 is 2.67 bits per heavy atom. The van der Waals surface area contributed by atoms with E-state index in [4.69, 9.17) is 16.3 Å². The number of ether oxygens (including phenoxy) is 1. The van der Waals surface area contributed by atoms with Gasteiger partial charge in [-0.05, 0) is 19.8 Å². The molecule has 0 aromatic carbocycles. The average Bonchev–Trinajstić information content (AvgIpc) is 2.41. The maximum absolute atomic E-state index is 6.07. The first kappa shape index (κ1) is 13.4. The number of anilines is 1. The minimum atomic E-state index is 0.386. The summed E-state index contributed by atoms with van der Waals surface area (Å²) in [7, 11) is 1.61. The van der Waals surface area contributed by atoms with Gasteiger partial charge in [-0.25, -0.2) is 9.97 Å². The van der Waals surface area contributed by atoms with E-state index in [1.165, 1.54) is 38.4 Å². The van der Waals surface area contributed by atoms with Crippen LogP contribution in [0.25, 0.3) is 0 Å². The Bertz CT molecular complexity index is 394. The fraction of sp³-hybridized carbons (Fsp3) is 0.692. The smallest absolute Gasteiger partial charge is 0.199 e. The van der Waals surface area contributed by atoms with E-state index in [1.807, 2.05) is 0 Å². The van der Waals surface area contributed by atoms with E-state index in [-0.39, 0.29) is 0 Å². The fourth-order valence-corrected chi connectivity index (χ4v) is 2.90. The molecule has 0 atom stereocenters. The molecule has 1 aromatic heterocycles. The van der Waals surface area contributed by atoms with Gasteiger partial charge in [0.25, 0.3) is 0 Å². The molecule has 0 radical (unpaired) electrons. The maximum atomic E-state index is 6.07. The van der Waals surface area contributed by atoms with Crippen molar-refractivity contribution in [1.29, 1.82) is 0 Å². The number of aromatic nitrogens is 2. The zero-order chi connectivity index (χ0) is 13.0. The second-order valence-corrected chi connectivity index (χ2v) is 4.96. The summed E-state index contributed by atoms with van der Waals surface area (Å²) in [6.45, 7) is 3.05. The predicted octanol–water partition coefficient (Wildman–Crippen LogP) is 3.30. The summed E-state index contributed by atoms with van der Waals surface area (Å²) in [5.41, 5.74) is 0. The summed E-state index contributed by atoms with van der Waals surface area (Å²) in [4.78, 5) is 10.6. The third kappa shape index (κ3) is 2.69. The SMILES string of the molecule is CCN(c1ncnc(Cl)c1OC)C1CCCCC1. The molecule has 2 rings (SSSR count). The van der Waals surface area contributed by atoms with Gasteiger partial charge in [0.05, 0.1) is 7.11 Å².